The van der Waals surface area contributed by atoms with Crippen molar-refractivity contribution < 1.29 is 134 Å². The van der Waals surface area contributed by atoms with Gasteiger partial charge in [-0.2, -0.15) is 0 Å². The molecule has 0 saturated heterocycles. The van der Waals surface area contributed by atoms with E-state index >= 15 is 0 Å². The van der Waals surface area contributed by atoms with Crippen molar-refractivity contribution in [3.63, 3.8) is 0 Å². The summed E-state index contributed by atoms with van der Waals surface area (Å²) in [5.41, 5.74) is -9.89. The van der Waals surface area contributed by atoms with Crippen molar-refractivity contribution in [3.8, 4) is 80.1 Å². The minimum atomic E-state index is -4.21. The van der Waals surface area contributed by atoms with Crippen molar-refractivity contribution in [2.45, 2.75) is 48.0 Å². The first-order valence-corrected chi connectivity index (χ1v) is 19.1. The van der Waals surface area contributed by atoms with Gasteiger partial charge in [-0.05, 0) is 30.3 Å². The van der Waals surface area contributed by atoms with Gasteiger partial charge in [0.1, 0.15) is 12.7 Å². The number of carbonyl (C=O) groups excluding carboxylic acids is 6. The Morgan fingerprint density at radius 2 is 1.04 bits per heavy atom. The molecule has 4 bridgehead atoms. The number of hydrogen-bond acceptors (Lipinski definition) is 27. The Hall–Kier alpha value is -8.92. The van der Waals surface area contributed by atoms with Gasteiger partial charge in [0.25, 0.3) is 11.6 Å². The maximum atomic E-state index is 14.6. The zero-order valence-electron chi connectivity index (χ0n) is 33.2. The second-order valence-corrected chi connectivity index (χ2v) is 15.6. The zero-order valence-corrected chi connectivity index (χ0v) is 33.2. The molecular formula is C41H28O27. The summed E-state index contributed by atoms with van der Waals surface area (Å²) in [5.74, 6) is -37.2. The van der Waals surface area contributed by atoms with Gasteiger partial charge in [0.15, 0.2) is 76.2 Å². The number of ketones is 1. The van der Waals surface area contributed by atoms with Crippen LogP contribution in [0.3, 0.4) is 0 Å². The molecule has 0 aromatic heterocycles. The maximum Gasteiger partial charge on any atom is 0.339 e. The summed E-state index contributed by atoms with van der Waals surface area (Å²) in [7, 11) is 0. The van der Waals surface area contributed by atoms with Crippen molar-refractivity contribution in [1.82, 2.24) is 0 Å². The van der Waals surface area contributed by atoms with E-state index in [0.29, 0.717) is 30.3 Å². The van der Waals surface area contributed by atoms with Gasteiger partial charge in [-0.15, -0.1) is 0 Å². The quantitative estimate of drug-likeness (QED) is 0.0470. The molecule has 0 spiro atoms. The number of aliphatic hydroxyl groups is 4. The molecule has 27 heteroatoms. The van der Waals surface area contributed by atoms with Crippen LogP contribution in [0.5, 0.6) is 69.0 Å². The molecule has 10 rings (SSSR count). The second-order valence-electron chi connectivity index (χ2n) is 15.6. The van der Waals surface area contributed by atoms with Crippen molar-refractivity contribution in [1.29, 1.82) is 0 Å². The number of hydrogen-bond donors (Lipinski definition) is 15. The summed E-state index contributed by atoms with van der Waals surface area (Å²) in [6.45, 7) is -1.52. The number of cyclic esters (lactones) is 2. The number of ether oxygens (including phenoxy) is 6. The molecule has 68 heavy (non-hydrogen) atoms. The molecule has 0 amide bonds. The molecule has 4 aromatic carbocycles. The van der Waals surface area contributed by atoms with Gasteiger partial charge in [-0.3, -0.25) is 4.79 Å². The van der Waals surface area contributed by atoms with E-state index in [-0.39, 0.29) is 0 Å². The van der Waals surface area contributed by atoms with Crippen molar-refractivity contribution in [2.75, 3.05) is 6.61 Å². The van der Waals surface area contributed by atoms with Crippen LogP contribution >= 0.6 is 0 Å². The molecule has 0 radical (unpaired) electrons. The minimum Gasteiger partial charge on any atom is -0.504 e. The molecular weight excluding hydrogens is 924 g/mol. The lowest BCUT2D eigenvalue weighted by molar-refractivity contribution is -0.325. The SMILES string of the molecule is O=C1O[C@@H]2[C@H]([C@@H]3OC(=O)c4cc(O)c(O)c(O)c4-c4c(cc(O)c(O)c4O)C(=O)OC[C@H]3OC(=O)c3cc(O)c(O)c(O)c3)OC(=O)c3cc(O)c(O)c4c3[C@H]3C1=C(C(=O)C(O)(O)[C@@]3(O)O4)[C@H]2O. The average Bonchev–Trinajstić information content (AvgIpc) is 3.61. The number of phenols is 11. The van der Waals surface area contributed by atoms with Gasteiger partial charge in [0.05, 0.1) is 33.7 Å². The number of benzene rings is 4. The molecule has 4 aromatic rings. The van der Waals surface area contributed by atoms with Crippen LogP contribution in [-0.2, 0) is 33.3 Å². The number of carbonyl (C=O) groups is 6. The molecule has 7 atom stereocenters. The Balaban J connectivity index is 1.30. The van der Waals surface area contributed by atoms with Crippen LogP contribution < -0.4 is 4.74 Å². The summed E-state index contributed by atoms with van der Waals surface area (Å²) < 4.78 is 32.8. The van der Waals surface area contributed by atoms with Gasteiger partial charge in [0, 0.05) is 22.3 Å². The molecule has 5 heterocycles. The topological polar surface area (TPSA) is 461 Å². The summed E-state index contributed by atoms with van der Waals surface area (Å²) in [5, 5.41) is 162. The highest BCUT2D eigenvalue weighted by Gasteiger charge is 2.74. The Labute approximate surface area is 373 Å². The van der Waals surface area contributed by atoms with Gasteiger partial charge in [-0.25, -0.2) is 24.0 Å². The number of aliphatic hydroxyl groups excluding tert-OH is 1. The van der Waals surface area contributed by atoms with E-state index in [0.717, 1.165) is 0 Å². The monoisotopic (exact) mass is 952 g/mol. The van der Waals surface area contributed by atoms with E-state index in [2.05, 4.69) is 0 Å². The molecule has 0 saturated carbocycles. The first kappa shape index (κ1) is 44.3. The third kappa shape index (κ3) is 5.92. The molecule has 354 valence electrons. The average molecular weight is 953 g/mol. The van der Waals surface area contributed by atoms with Gasteiger partial charge < -0.3 is 105 Å². The molecule has 0 unspecified atom stereocenters. The van der Waals surface area contributed by atoms with E-state index in [4.69, 9.17) is 28.4 Å². The fraction of sp³-hybridized carbons (Fsp3) is 0.220. The predicted molar refractivity (Wildman–Crippen MR) is 204 cm³/mol. The third-order valence-corrected chi connectivity index (χ3v) is 11.8. The lowest BCUT2D eigenvalue weighted by atomic mass is 9.67. The second kappa shape index (κ2) is 14.5. The number of aromatic hydroxyl groups is 11. The highest BCUT2D eigenvalue weighted by molar-refractivity contribution is 6.13. The van der Waals surface area contributed by atoms with Crippen LogP contribution in [0.4, 0.5) is 0 Å². The normalized spacial score (nSPS) is 25.7. The molecule has 0 fully saturated rings. The van der Waals surface area contributed by atoms with E-state index in [1.54, 1.807) is 0 Å². The maximum absolute atomic E-state index is 14.6. The van der Waals surface area contributed by atoms with E-state index in [1.807, 2.05) is 0 Å². The third-order valence-electron chi connectivity index (χ3n) is 11.8. The number of esters is 5. The van der Waals surface area contributed by atoms with Gasteiger partial charge in [-0.1, -0.05) is 0 Å². The number of Topliss-reactive ketones (excluding diaryl/α,β-unsaturated/α-hetero) is 1. The Kier molecular flexibility index (Phi) is 9.47. The Morgan fingerprint density at radius 3 is 1.63 bits per heavy atom. The predicted octanol–water partition coefficient (Wildman–Crippen LogP) is -1.71. The van der Waals surface area contributed by atoms with Crippen LogP contribution in [0.2, 0.25) is 0 Å². The molecule has 5 aliphatic heterocycles. The molecule has 6 aliphatic rings. The smallest absolute Gasteiger partial charge is 0.339 e. The first-order valence-electron chi connectivity index (χ1n) is 19.1. The Morgan fingerprint density at radius 1 is 0.559 bits per heavy atom. The van der Waals surface area contributed by atoms with Crippen molar-refractivity contribution in [3.05, 3.63) is 69.3 Å². The zero-order chi connectivity index (χ0) is 49.5. The molecule has 27 nitrogen and oxygen atoms in total. The summed E-state index contributed by atoms with van der Waals surface area (Å²) in [6, 6.07) is 2.17. The fourth-order valence-corrected chi connectivity index (χ4v) is 8.57. The highest BCUT2D eigenvalue weighted by Crippen LogP contribution is 2.62. The van der Waals surface area contributed by atoms with Crippen molar-refractivity contribution in [2.24, 2.45) is 0 Å². The number of fused-ring (bicyclic) bond motifs is 6. The van der Waals surface area contributed by atoms with Gasteiger partial charge in [0.2, 0.25) is 23.0 Å². The summed E-state index contributed by atoms with van der Waals surface area (Å²) in [6.07, 6.45) is -13.8. The molecule has 15 N–H and O–H groups in total. The van der Waals surface area contributed by atoms with Crippen molar-refractivity contribution >= 4 is 35.6 Å². The van der Waals surface area contributed by atoms with Crippen LogP contribution in [0.25, 0.3) is 11.1 Å². The number of rotatable bonds is 3. The first-order chi connectivity index (χ1) is 31.8. The van der Waals surface area contributed by atoms with Crippen LogP contribution in [0.15, 0.2) is 41.5 Å². The van der Waals surface area contributed by atoms with E-state index in [1.165, 1.54) is 0 Å². The van der Waals surface area contributed by atoms with E-state index < -0.39 is 209 Å². The summed E-state index contributed by atoms with van der Waals surface area (Å²) >= 11 is 0. The van der Waals surface area contributed by atoms with E-state index in [9.17, 15) is 105 Å². The minimum absolute atomic E-state index is 0.321. The standard InChI is InChI=1S/C41H28O27/c42-11-1-7(2-12(43)23(11)47)35(55)64-16-6-63-36(56)8-3-13(44)24(48)27(51)17(8)18-9(4-14(45)25(49)28(18)52)37(57)65-30(16)33-32-29(53)21-20(39(59)66-32)22-19-10(38(58)67-33)5-15(46)26(50)31(19)68-41(22,62)40(60,61)34(21)54/h1-5,16,22,29-30,32-33,42-53,60-62H,6H2/t16-,22+,29-,30-,32+,33+,41+/m1/s1. The van der Waals surface area contributed by atoms with Crippen LogP contribution in [0.1, 0.15) is 52.9 Å². The largest absolute Gasteiger partial charge is 0.504 e. The van der Waals surface area contributed by atoms with Crippen LogP contribution in [0, 0.1) is 0 Å². The number of phenolic OH excluding ortho intramolecular Hbond substituents is 11. The lowest BCUT2D eigenvalue weighted by Crippen LogP contribution is -2.70. The Bertz CT molecular complexity index is 3050. The van der Waals surface area contributed by atoms with Gasteiger partial charge >= 0.3 is 29.8 Å². The molecule has 1 aliphatic carbocycles. The lowest BCUT2D eigenvalue weighted by Gasteiger charge is -2.47. The summed E-state index contributed by atoms with van der Waals surface area (Å²) in [4.78, 5) is 85.2. The highest BCUT2D eigenvalue weighted by atomic mass is 16.7. The van der Waals surface area contributed by atoms with Crippen LogP contribution in [-0.4, -0.2) is 161 Å². The fourth-order valence-electron chi connectivity index (χ4n) is 8.57.